The number of thioether (sulfide) groups is 1. The number of carboxylic acid groups (broad SMARTS) is 1. The average Bonchev–Trinajstić information content (AvgIpc) is 2.85. The Morgan fingerprint density at radius 3 is 2.81 bits per heavy atom. The molecule has 2 unspecified atom stereocenters. The molecule has 0 aliphatic heterocycles. The minimum Gasteiger partial charge on any atom is -0.480 e. The molecule has 21 heavy (non-hydrogen) atoms. The second-order valence-electron chi connectivity index (χ2n) is 6.08. The van der Waals surface area contributed by atoms with E-state index < -0.39 is 11.5 Å². The van der Waals surface area contributed by atoms with Gasteiger partial charge in [0.15, 0.2) is 0 Å². The van der Waals surface area contributed by atoms with Gasteiger partial charge in [0.2, 0.25) is 0 Å². The molecule has 0 aromatic heterocycles. The van der Waals surface area contributed by atoms with Crippen LogP contribution >= 0.6 is 11.8 Å². The van der Waals surface area contributed by atoms with Crippen molar-refractivity contribution in [3.8, 4) is 0 Å². The van der Waals surface area contributed by atoms with Crippen molar-refractivity contribution < 1.29 is 9.90 Å². The molecule has 0 bridgehead atoms. The Kier molecular flexibility index (Phi) is 5.33. The summed E-state index contributed by atoms with van der Waals surface area (Å²) in [4.78, 5) is 12.7. The van der Waals surface area contributed by atoms with Crippen molar-refractivity contribution in [3.63, 3.8) is 0 Å². The first-order valence-electron chi connectivity index (χ1n) is 7.71. The van der Waals surface area contributed by atoms with E-state index in [0.29, 0.717) is 13.0 Å². The van der Waals surface area contributed by atoms with Crippen LogP contribution in [0.3, 0.4) is 0 Å². The van der Waals surface area contributed by atoms with Crippen molar-refractivity contribution in [2.45, 2.75) is 62.1 Å². The summed E-state index contributed by atoms with van der Waals surface area (Å²) in [6.45, 7) is 6.49. The van der Waals surface area contributed by atoms with Gasteiger partial charge in [-0.05, 0) is 62.4 Å². The van der Waals surface area contributed by atoms with E-state index >= 15 is 0 Å². The summed E-state index contributed by atoms with van der Waals surface area (Å²) in [5, 5.41) is 12.8. The minimum absolute atomic E-state index is 0.254. The van der Waals surface area contributed by atoms with Crippen molar-refractivity contribution in [1.82, 2.24) is 5.32 Å². The highest BCUT2D eigenvalue weighted by Crippen LogP contribution is 2.32. The Labute approximate surface area is 131 Å². The molecule has 1 aromatic carbocycles. The maximum atomic E-state index is 11.5. The van der Waals surface area contributed by atoms with Crippen LogP contribution in [0.15, 0.2) is 23.1 Å². The van der Waals surface area contributed by atoms with E-state index in [2.05, 4.69) is 30.4 Å². The molecule has 0 radical (unpaired) electrons. The Morgan fingerprint density at radius 1 is 1.43 bits per heavy atom. The van der Waals surface area contributed by atoms with E-state index in [-0.39, 0.29) is 5.25 Å². The number of benzene rings is 1. The van der Waals surface area contributed by atoms with Crippen LogP contribution in [0.2, 0.25) is 0 Å². The third-order valence-corrected chi connectivity index (χ3v) is 5.24. The zero-order valence-corrected chi connectivity index (χ0v) is 13.9. The van der Waals surface area contributed by atoms with Crippen molar-refractivity contribution in [2.75, 3.05) is 6.54 Å². The maximum Gasteiger partial charge on any atom is 0.323 e. The van der Waals surface area contributed by atoms with Gasteiger partial charge in [-0.2, -0.15) is 0 Å². The van der Waals surface area contributed by atoms with Gasteiger partial charge >= 0.3 is 5.97 Å². The van der Waals surface area contributed by atoms with E-state index in [0.717, 1.165) is 0 Å². The van der Waals surface area contributed by atoms with E-state index in [1.165, 1.54) is 35.3 Å². The van der Waals surface area contributed by atoms with Gasteiger partial charge in [-0.15, -0.1) is 11.8 Å². The molecule has 1 aliphatic carbocycles. The Morgan fingerprint density at radius 2 is 2.14 bits per heavy atom. The molecule has 116 valence electrons. The van der Waals surface area contributed by atoms with Gasteiger partial charge in [0.1, 0.15) is 5.54 Å². The van der Waals surface area contributed by atoms with Crippen LogP contribution in [-0.4, -0.2) is 28.4 Å². The molecular weight excluding hydrogens is 282 g/mol. The third-order valence-electron chi connectivity index (χ3n) is 4.14. The van der Waals surface area contributed by atoms with Crippen molar-refractivity contribution >= 4 is 17.7 Å². The zero-order valence-electron chi connectivity index (χ0n) is 13.1. The second-order valence-corrected chi connectivity index (χ2v) is 7.60. The molecule has 0 fully saturated rings. The highest BCUT2D eigenvalue weighted by Gasteiger charge is 2.33. The number of rotatable bonds is 7. The van der Waals surface area contributed by atoms with Crippen LogP contribution in [0, 0.1) is 0 Å². The van der Waals surface area contributed by atoms with E-state index in [4.69, 9.17) is 0 Å². The summed E-state index contributed by atoms with van der Waals surface area (Å²) in [7, 11) is 0. The van der Waals surface area contributed by atoms with Crippen LogP contribution in [0.25, 0.3) is 0 Å². The molecule has 2 atom stereocenters. The Bertz CT molecular complexity index is 518. The van der Waals surface area contributed by atoms with E-state index in [9.17, 15) is 9.90 Å². The predicted molar refractivity (Wildman–Crippen MR) is 88.1 cm³/mol. The van der Waals surface area contributed by atoms with E-state index in [1.54, 1.807) is 18.7 Å². The van der Waals surface area contributed by atoms with Crippen molar-refractivity contribution in [3.05, 3.63) is 29.3 Å². The first kappa shape index (κ1) is 16.4. The van der Waals surface area contributed by atoms with Crippen LogP contribution in [0.4, 0.5) is 0 Å². The fraction of sp³-hybridized carbons (Fsp3) is 0.588. The summed E-state index contributed by atoms with van der Waals surface area (Å²) in [6.07, 6.45) is 4.25. The minimum atomic E-state index is -0.849. The lowest BCUT2D eigenvalue weighted by Gasteiger charge is -2.28. The van der Waals surface area contributed by atoms with Gasteiger partial charge in [0, 0.05) is 10.1 Å². The highest BCUT2D eigenvalue weighted by atomic mass is 32.2. The van der Waals surface area contributed by atoms with Crippen LogP contribution in [-0.2, 0) is 17.6 Å². The van der Waals surface area contributed by atoms with Gasteiger partial charge in [-0.1, -0.05) is 19.9 Å². The number of carboxylic acids is 1. The van der Waals surface area contributed by atoms with Gasteiger partial charge in [-0.25, -0.2) is 0 Å². The summed E-state index contributed by atoms with van der Waals surface area (Å²) in [5.41, 5.74) is 2.10. The molecule has 0 spiro atoms. The average molecular weight is 307 g/mol. The third kappa shape index (κ3) is 4.01. The van der Waals surface area contributed by atoms with Gasteiger partial charge in [0.05, 0.1) is 0 Å². The Hall–Kier alpha value is -1.00. The standard InChI is InChI=1S/C17H25NO2S/c1-4-18-17(3,16(19)20)11-12(2)21-15-9-8-13-6-5-7-14(13)10-15/h8-10,12,18H,4-7,11H2,1-3H3,(H,19,20). The highest BCUT2D eigenvalue weighted by molar-refractivity contribution is 7.99. The SMILES string of the molecule is CCNC(C)(CC(C)Sc1ccc2c(c1)CCC2)C(=O)O. The molecule has 2 rings (SSSR count). The molecule has 0 saturated carbocycles. The smallest absolute Gasteiger partial charge is 0.323 e. The predicted octanol–water partition coefficient (Wildman–Crippen LogP) is 3.50. The van der Waals surface area contributed by atoms with Gasteiger partial charge < -0.3 is 10.4 Å². The number of fused-ring (bicyclic) bond motifs is 1. The fourth-order valence-corrected chi connectivity index (χ4v) is 4.33. The van der Waals surface area contributed by atoms with Crippen LogP contribution < -0.4 is 5.32 Å². The van der Waals surface area contributed by atoms with Gasteiger partial charge in [0.25, 0.3) is 0 Å². The number of carbonyl (C=O) groups is 1. The number of hydrogen-bond donors (Lipinski definition) is 2. The van der Waals surface area contributed by atoms with Gasteiger partial charge in [-0.3, -0.25) is 4.79 Å². The summed E-state index contributed by atoms with van der Waals surface area (Å²) in [6, 6.07) is 6.70. The second kappa shape index (κ2) is 6.84. The quantitative estimate of drug-likeness (QED) is 0.757. The first-order chi connectivity index (χ1) is 9.94. The lowest BCUT2D eigenvalue weighted by molar-refractivity contribution is -0.144. The zero-order chi connectivity index (χ0) is 15.5. The maximum absolute atomic E-state index is 11.5. The normalized spacial score (nSPS) is 18.0. The van der Waals surface area contributed by atoms with E-state index in [1.807, 2.05) is 6.92 Å². The summed E-state index contributed by atoms with van der Waals surface area (Å²) < 4.78 is 0. The number of hydrogen-bond acceptors (Lipinski definition) is 3. The van der Waals surface area contributed by atoms with Crippen LogP contribution in [0.5, 0.6) is 0 Å². The summed E-state index contributed by atoms with van der Waals surface area (Å²) >= 11 is 1.78. The number of aryl methyl sites for hydroxylation is 2. The monoisotopic (exact) mass is 307 g/mol. The van der Waals surface area contributed by atoms with Crippen molar-refractivity contribution in [1.29, 1.82) is 0 Å². The molecule has 1 aliphatic rings. The topological polar surface area (TPSA) is 49.3 Å². The summed E-state index contributed by atoms with van der Waals surface area (Å²) in [5.74, 6) is -0.772. The first-order valence-corrected chi connectivity index (χ1v) is 8.59. The lowest BCUT2D eigenvalue weighted by Crippen LogP contribution is -2.50. The molecular formula is C17H25NO2S. The lowest BCUT2D eigenvalue weighted by atomic mass is 9.96. The molecule has 0 heterocycles. The molecule has 2 N–H and O–H groups in total. The number of nitrogens with one attached hydrogen (secondary N) is 1. The fourth-order valence-electron chi connectivity index (χ4n) is 3.10. The molecule has 0 saturated heterocycles. The number of aliphatic carboxylic acids is 1. The molecule has 3 nitrogen and oxygen atoms in total. The number of likely N-dealkylation sites (N-methyl/N-ethyl adjacent to an activating group) is 1. The molecule has 0 amide bonds. The van der Waals surface area contributed by atoms with Crippen LogP contribution in [0.1, 0.15) is 44.7 Å². The molecule has 4 heteroatoms. The van der Waals surface area contributed by atoms with Crippen molar-refractivity contribution in [2.24, 2.45) is 0 Å². The largest absolute Gasteiger partial charge is 0.480 e. The molecule has 1 aromatic rings. The Balaban J connectivity index is 2.00.